The van der Waals surface area contributed by atoms with Gasteiger partial charge in [-0.3, -0.25) is 10.1 Å². The maximum absolute atomic E-state index is 13.2. The van der Waals surface area contributed by atoms with E-state index < -0.39 is 11.4 Å². The molecule has 2 N–H and O–H groups in total. The highest BCUT2D eigenvalue weighted by Crippen LogP contribution is 2.34. The minimum atomic E-state index is -0.824. The summed E-state index contributed by atoms with van der Waals surface area (Å²) in [6.07, 6.45) is 16.1. The van der Waals surface area contributed by atoms with Crippen LogP contribution in [0.5, 0.6) is 0 Å². The molecule has 2 amide bonds. The van der Waals surface area contributed by atoms with Crippen molar-refractivity contribution in [3.63, 3.8) is 0 Å². The number of carboxylic acid groups (broad SMARTS) is 1. The molecule has 0 aliphatic heterocycles. The molecule has 34 heavy (non-hydrogen) atoms. The number of thiazole rings is 1. The van der Waals surface area contributed by atoms with E-state index in [0.29, 0.717) is 30.0 Å². The first-order valence-corrected chi connectivity index (χ1v) is 13.9. The standard InChI is InChI=1S/C25H37N3O4S2/c1-18-10-12-19(13-11-18)28(14-7-15-32-20-8-5-4-6-9-20)24(31)27-23-26-16-21(34-23)33-17-25(2,3)22(29)30/h4-6,8,16,18-20H,7,9-15,17H2,1-3H3,(H,29,30)(H,26,27,31). The van der Waals surface area contributed by atoms with Crippen molar-refractivity contribution in [3.8, 4) is 0 Å². The highest BCUT2D eigenvalue weighted by Gasteiger charge is 2.29. The van der Waals surface area contributed by atoms with Crippen LogP contribution >= 0.6 is 23.1 Å². The minimum absolute atomic E-state index is 0.114. The molecule has 1 atom stereocenters. The van der Waals surface area contributed by atoms with E-state index >= 15 is 0 Å². The predicted octanol–water partition coefficient (Wildman–Crippen LogP) is 6.05. The lowest BCUT2D eigenvalue weighted by atomic mass is 9.86. The Morgan fingerprint density at radius 3 is 2.74 bits per heavy atom. The fourth-order valence-corrected chi connectivity index (χ4v) is 5.96. The Morgan fingerprint density at radius 1 is 1.29 bits per heavy atom. The van der Waals surface area contributed by atoms with Gasteiger partial charge >= 0.3 is 12.0 Å². The normalized spacial score (nSPS) is 22.5. The average Bonchev–Trinajstić information content (AvgIpc) is 3.26. The van der Waals surface area contributed by atoms with E-state index in [4.69, 9.17) is 4.74 Å². The van der Waals surface area contributed by atoms with Crippen molar-refractivity contribution in [2.45, 2.75) is 75.7 Å². The second-order valence-electron chi connectivity index (χ2n) is 9.81. The largest absolute Gasteiger partial charge is 0.481 e. The van der Waals surface area contributed by atoms with Gasteiger partial charge in [-0.25, -0.2) is 9.78 Å². The van der Waals surface area contributed by atoms with Crippen molar-refractivity contribution in [2.75, 3.05) is 24.2 Å². The summed E-state index contributed by atoms with van der Waals surface area (Å²) < 4.78 is 6.85. The minimum Gasteiger partial charge on any atom is -0.481 e. The molecule has 7 nitrogen and oxygen atoms in total. The Labute approximate surface area is 211 Å². The molecule has 1 aromatic rings. The van der Waals surface area contributed by atoms with Gasteiger partial charge in [-0.05, 0) is 58.3 Å². The van der Waals surface area contributed by atoms with Gasteiger partial charge in [-0.15, -0.1) is 11.8 Å². The van der Waals surface area contributed by atoms with Crippen LogP contribution in [0.15, 0.2) is 34.7 Å². The molecule has 3 rings (SSSR count). The molecule has 188 valence electrons. The Bertz CT molecular complexity index is 875. The lowest BCUT2D eigenvalue weighted by Gasteiger charge is -2.36. The van der Waals surface area contributed by atoms with E-state index in [1.54, 1.807) is 20.0 Å². The number of rotatable bonds is 11. The third kappa shape index (κ3) is 8.13. The molecule has 2 aliphatic rings. The van der Waals surface area contributed by atoms with Gasteiger partial charge in [0.15, 0.2) is 5.13 Å². The quantitative estimate of drug-likeness (QED) is 0.280. The Hall–Kier alpha value is -1.84. The van der Waals surface area contributed by atoms with Crippen molar-refractivity contribution in [3.05, 3.63) is 30.5 Å². The smallest absolute Gasteiger partial charge is 0.323 e. The van der Waals surface area contributed by atoms with Crippen molar-refractivity contribution in [1.29, 1.82) is 0 Å². The fourth-order valence-electron chi connectivity index (χ4n) is 4.02. The van der Waals surface area contributed by atoms with Gasteiger partial charge in [0.05, 0.1) is 21.9 Å². The van der Waals surface area contributed by atoms with E-state index in [0.717, 1.165) is 42.7 Å². The molecule has 1 fully saturated rings. The summed E-state index contributed by atoms with van der Waals surface area (Å²) >= 11 is 2.84. The van der Waals surface area contributed by atoms with Gasteiger partial charge in [0.2, 0.25) is 0 Å². The molecule has 1 aromatic heterocycles. The zero-order valence-electron chi connectivity index (χ0n) is 20.4. The number of nitrogens with zero attached hydrogens (tertiary/aromatic N) is 2. The SMILES string of the molecule is CC1CCC(N(CCCOC2C=CC=CC2)C(=O)Nc2ncc(SCC(C)(C)C(=O)O)s2)CC1. The van der Waals surface area contributed by atoms with Crippen LogP contribution in [-0.4, -0.2) is 58.0 Å². The topological polar surface area (TPSA) is 91.8 Å². The number of carboxylic acids is 1. The Morgan fingerprint density at radius 2 is 2.06 bits per heavy atom. The van der Waals surface area contributed by atoms with Gasteiger partial charge in [0.1, 0.15) is 0 Å². The van der Waals surface area contributed by atoms with Crippen LogP contribution in [0.3, 0.4) is 0 Å². The first kappa shape index (κ1) is 26.8. The first-order chi connectivity index (χ1) is 16.2. The monoisotopic (exact) mass is 507 g/mol. The van der Waals surface area contributed by atoms with Gasteiger partial charge in [0.25, 0.3) is 0 Å². The number of hydrogen-bond acceptors (Lipinski definition) is 6. The second kappa shape index (κ2) is 12.7. The van der Waals surface area contributed by atoms with Gasteiger partial charge in [-0.2, -0.15) is 0 Å². The summed E-state index contributed by atoms with van der Waals surface area (Å²) in [5.74, 6) is 0.329. The third-order valence-electron chi connectivity index (χ3n) is 6.36. The number of carbonyl (C=O) groups is 2. The van der Waals surface area contributed by atoms with Crippen molar-refractivity contribution < 1.29 is 19.4 Å². The Balaban J connectivity index is 1.54. The number of hydrogen-bond donors (Lipinski definition) is 2. The van der Waals surface area contributed by atoms with Gasteiger partial charge in [-0.1, -0.05) is 42.6 Å². The van der Waals surface area contributed by atoms with E-state index in [-0.39, 0.29) is 18.2 Å². The van der Waals surface area contributed by atoms with E-state index in [2.05, 4.69) is 29.4 Å². The van der Waals surface area contributed by atoms with E-state index in [1.165, 1.54) is 23.1 Å². The average molecular weight is 508 g/mol. The molecule has 1 saturated carbocycles. The van der Waals surface area contributed by atoms with Crippen LogP contribution in [-0.2, 0) is 9.53 Å². The summed E-state index contributed by atoms with van der Waals surface area (Å²) in [5, 5.41) is 12.8. The molecule has 1 heterocycles. The first-order valence-electron chi connectivity index (χ1n) is 12.1. The highest BCUT2D eigenvalue weighted by molar-refractivity contribution is 8.01. The number of amides is 2. The molecule has 0 bridgehead atoms. The van der Waals surface area contributed by atoms with Crippen LogP contribution in [0, 0.1) is 11.3 Å². The Kier molecular flexibility index (Phi) is 10.0. The number of anilines is 1. The van der Waals surface area contributed by atoms with Crippen LogP contribution in [0.4, 0.5) is 9.93 Å². The number of urea groups is 1. The van der Waals surface area contributed by atoms with Crippen LogP contribution in [0.25, 0.3) is 0 Å². The maximum atomic E-state index is 13.2. The zero-order chi connectivity index (χ0) is 24.6. The summed E-state index contributed by atoms with van der Waals surface area (Å²) in [6.45, 7) is 6.96. The number of nitrogens with one attached hydrogen (secondary N) is 1. The molecule has 9 heteroatoms. The summed E-state index contributed by atoms with van der Waals surface area (Å²) in [6, 6.07) is 0.121. The van der Waals surface area contributed by atoms with Crippen molar-refractivity contribution >= 4 is 40.2 Å². The number of ether oxygens (including phenoxy) is 1. The number of aromatic nitrogens is 1. The predicted molar refractivity (Wildman–Crippen MR) is 139 cm³/mol. The molecule has 2 aliphatic carbocycles. The van der Waals surface area contributed by atoms with E-state index in [9.17, 15) is 14.7 Å². The molecule has 0 radical (unpaired) electrons. The molecular weight excluding hydrogens is 470 g/mol. The lowest BCUT2D eigenvalue weighted by Crippen LogP contribution is -2.45. The highest BCUT2D eigenvalue weighted by atomic mass is 32.2. The fraction of sp³-hybridized carbons (Fsp3) is 0.640. The molecule has 0 saturated heterocycles. The van der Waals surface area contributed by atoms with Gasteiger partial charge in [0, 0.05) is 24.9 Å². The number of carbonyl (C=O) groups excluding carboxylic acids is 1. The maximum Gasteiger partial charge on any atom is 0.323 e. The number of thioether (sulfide) groups is 1. The molecule has 1 unspecified atom stereocenters. The van der Waals surface area contributed by atoms with Crippen LogP contribution in [0.1, 0.15) is 59.3 Å². The summed E-state index contributed by atoms with van der Waals surface area (Å²) in [7, 11) is 0. The lowest BCUT2D eigenvalue weighted by molar-refractivity contribution is -0.145. The number of allylic oxidation sites excluding steroid dienone is 2. The zero-order valence-corrected chi connectivity index (χ0v) is 22.0. The van der Waals surface area contributed by atoms with Crippen LogP contribution in [0.2, 0.25) is 0 Å². The third-order valence-corrected chi connectivity index (χ3v) is 8.92. The van der Waals surface area contributed by atoms with Crippen LogP contribution < -0.4 is 5.32 Å². The van der Waals surface area contributed by atoms with E-state index in [1.807, 2.05) is 17.1 Å². The molecular formula is C25H37N3O4S2. The molecule has 0 aromatic carbocycles. The number of aliphatic carboxylic acids is 1. The second-order valence-corrected chi connectivity index (χ2v) is 12.1. The van der Waals surface area contributed by atoms with Crippen molar-refractivity contribution in [2.24, 2.45) is 11.3 Å². The summed E-state index contributed by atoms with van der Waals surface area (Å²) in [4.78, 5) is 30.9. The van der Waals surface area contributed by atoms with Gasteiger partial charge < -0.3 is 14.7 Å². The molecule has 0 spiro atoms. The van der Waals surface area contributed by atoms with Crippen molar-refractivity contribution in [1.82, 2.24) is 9.88 Å². The summed E-state index contributed by atoms with van der Waals surface area (Å²) in [5.41, 5.74) is -0.821.